The minimum Gasteiger partial charge on any atom is -0.484 e. The second-order valence-electron chi connectivity index (χ2n) is 9.76. The number of amides is 1. The van der Waals surface area contributed by atoms with Gasteiger partial charge in [0.2, 0.25) is 0 Å². The van der Waals surface area contributed by atoms with Crippen molar-refractivity contribution in [2.45, 2.75) is 13.3 Å². The fraction of sp³-hybridized carbons (Fsp3) is 0.321. The molecule has 1 fully saturated rings. The highest BCUT2D eigenvalue weighted by Crippen LogP contribution is 2.23. The summed E-state index contributed by atoms with van der Waals surface area (Å²) in [7, 11) is 0. The van der Waals surface area contributed by atoms with Gasteiger partial charge >= 0.3 is 5.69 Å². The Labute approximate surface area is 250 Å². The van der Waals surface area contributed by atoms with Crippen molar-refractivity contribution in [2.75, 3.05) is 56.1 Å². The zero-order valence-corrected chi connectivity index (χ0v) is 24.3. The number of carbonyl (C=O) groups is 2. The molecule has 1 amide bonds. The van der Waals surface area contributed by atoms with Crippen LogP contribution in [0, 0.1) is 6.92 Å². The molecule has 0 spiro atoms. The first-order valence-electron chi connectivity index (χ1n) is 13.7. The van der Waals surface area contributed by atoms with Crippen molar-refractivity contribution >= 4 is 40.3 Å². The summed E-state index contributed by atoms with van der Waals surface area (Å²) in [5.74, 6) is 2.40. The van der Waals surface area contributed by atoms with Gasteiger partial charge in [-0.3, -0.25) is 28.8 Å². The maximum absolute atomic E-state index is 12.2. The first-order chi connectivity index (χ1) is 20.9. The highest BCUT2D eigenvalue weighted by Gasteiger charge is 2.19. The van der Waals surface area contributed by atoms with Crippen molar-refractivity contribution in [1.82, 2.24) is 34.7 Å². The SMILES string of the molecule is Cc1nc(Nc2ncc(C=O)s2)cc(N2CCN(CCCNC(=O)COc3ccc(-n4ccc(=O)[nH]c4=O)cc3)CC2)n1. The molecular weight excluding hydrogens is 574 g/mol. The lowest BCUT2D eigenvalue weighted by Crippen LogP contribution is -2.47. The molecular formula is C28H31N9O5S. The van der Waals surface area contributed by atoms with Crippen LogP contribution in [0.15, 0.2) is 58.4 Å². The number of hydrogen-bond acceptors (Lipinski definition) is 12. The molecule has 0 saturated carbocycles. The molecule has 0 bridgehead atoms. The van der Waals surface area contributed by atoms with Gasteiger partial charge in [-0.05, 0) is 44.2 Å². The van der Waals surface area contributed by atoms with Gasteiger partial charge in [0, 0.05) is 51.1 Å². The summed E-state index contributed by atoms with van der Waals surface area (Å²) in [4.78, 5) is 66.9. The molecule has 0 unspecified atom stereocenters. The summed E-state index contributed by atoms with van der Waals surface area (Å²) >= 11 is 1.27. The van der Waals surface area contributed by atoms with Crippen molar-refractivity contribution in [1.29, 1.82) is 0 Å². The number of ether oxygens (including phenoxy) is 1. The smallest absolute Gasteiger partial charge is 0.332 e. The Morgan fingerprint density at radius 1 is 1.12 bits per heavy atom. The molecule has 3 aromatic heterocycles. The summed E-state index contributed by atoms with van der Waals surface area (Å²) in [5.41, 5.74) is -0.430. The maximum Gasteiger partial charge on any atom is 0.332 e. The molecule has 43 heavy (non-hydrogen) atoms. The van der Waals surface area contributed by atoms with Gasteiger partial charge in [-0.25, -0.2) is 19.7 Å². The quantitative estimate of drug-likeness (QED) is 0.157. The van der Waals surface area contributed by atoms with Crippen molar-refractivity contribution in [2.24, 2.45) is 0 Å². The summed E-state index contributed by atoms with van der Waals surface area (Å²) in [5, 5.41) is 6.65. The van der Waals surface area contributed by atoms with E-state index in [0.29, 0.717) is 39.6 Å². The van der Waals surface area contributed by atoms with E-state index >= 15 is 0 Å². The molecule has 15 heteroatoms. The van der Waals surface area contributed by atoms with Crippen LogP contribution in [-0.2, 0) is 4.79 Å². The average Bonchev–Trinajstić information content (AvgIpc) is 3.46. The van der Waals surface area contributed by atoms with Gasteiger partial charge in [0.15, 0.2) is 18.0 Å². The zero-order valence-electron chi connectivity index (χ0n) is 23.5. The highest BCUT2D eigenvalue weighted by molar-refractivity contribution is 7.17. The molecule has 1 aliphatic heterocycles. The number of thiazole rings is 1. The number of aryl methyl sites for hydroxylation is 1. The minimum absolute atomic E-state index is 0.118. The maximum atomic E-state index is 12.2. The lowest BCUT2D eigenvalue weighted by Gasteiger charge is -2.35. The molecule has 1 aromatic carbocycles. The van der Waals surface area contributed by atoms with Crippen LogP contribution >= 0.6 is 11.3 Å². The molecule has 4 aromatic rings. The third kappa shape index (κ3) is 8.11. The van der Waals surface area contributed by atoms with Gasteiger partial charge in [0.25, 0.3) is 11.5 Å². The van der Waals surface area contributed by atoms with E-state index in [0.717, 1.165) is 51.2 Å². The van der Waals surface area contributed by atoms with E-state index in [9.17, 15) is 19.2 Å². The third-order valence-corrected chi connectivity index (χ3v) is 7.52. The number of piperazine rings is 1. The van der Waals surface area contributed by atoms with Gasteiger partial charge in [-0.1, -0.05) is 11.3 Å². The highest BCUT2D eigenvalue weighted by atomic mass is 32.1. The second-order valence-corrected chi connectivity index (χ2v) is 10.8. The molecule has 0 radical (unpaired) electrons. The van der Waals surface area contributed by atoms with Crippen LogP contribution in [0.1, 0.15) is 21.9 Å². The summed E-state index contributed by atoms with van der Waals surface area (Å²) in [6, 6.07) is 9.81. The van der Waals surface area contributed by atoms with Gasteiger partial charge in [-0.15, -0.1) is 0 Å². The Kier molecular flexibility index (Phi) is 9.53. The number of nitrogens with one attached hydrogen (secondary N) is 3. The number of aromatic nitrogens is 5. The topological polar surface area (TPSA) is 167 Å². The van der Waals surface area contributed by atoms with Crippen molar-refractivity contribution < 1.29 is 14.3 Å². The van der Waals surface area contributed by atoms with E-state index in [4.69, 9.17) is 4.74 Å². The minimum atomic E-state index is -0.533. The molecule has 0 aliphatic carbocycles. The van der Waals surface area contributed by atoms with Crippen LogP contribution in [0.4, 0.5) is 16.8 Å². The first-order valence-corrected chi connectivity index (χ1v) is 14.5. The summed E-state index contributed by atoms with van der Waals surface area (Å²) in [6.45, 7) is 6.51. The number of aldehydes is 1. The van der Waals surface area contributed by atoms with Gasteiger partial charge in [0.1, 0.15) is 23.2 Å². The Morgan fingerprint density at radius 2 is 1.91 bits per heavy atom. The van der Waals surface area contributed by atoms with Gasteiger partial charge < -0.3 is 20.3 Å². The van der Waals surface area contributed by atoms with Crippen molar-refractivity contribution in [3.63, 3.8) is 0 Å². The predicted octanol–water partition coefficient (Wildman–Crippen LogP) is 1.34. The first kappa shape index (κ1) is 29.6. The van der Waals surface area contributed by atoms with Gasteiger partial charge in [-0.2, -0.15) is 0 Å². The van der Waals surface area contributed by atoms with E-state index in [-0.39, 0.29) is 12.5 Å². The van der Waals surface area contributed by atoms with E-state index < -0.39 is 11.2 Å². The fourth-order valence-corrected chi connectivity index (χ4v) is 5.18. The number of rotatable bonds is 12. The Morgan fingerprint density at radius 3 is 2.63 bits per heavy atom. The van der Waals surface area contributed by atoms with Crippen molar-refractivity contribution in [3.8, 4) is 11.4 Å². The molecule has 14 nitrogen and oxygen atoms in total. The van der Waals surface area contributed by atoms with E-state index in [2.05, 4.69) is 40.4 Å². The van der Waals surface area contributed by atoms with Crippen LogP contribution in [0.25, 0.3) is 5.69 Å². The summed E-state index contributed by atoms with van der Waals surface area (Å²) in [6.07, 6.45) is 4.51. The summed E-state index contributed by atoms with van der Waals surface area (Å²) < 4.78 is 6.87. The molecule has 3 N–H and O–H groups in total. The predicted molar refractivity (Wildman–Crippen MR) is 162 cm³/mol. The lowest BCUT2D eigenvalue weighted by molar-refractivity contribution is -0.123. The molecule has 0 atom stereocenters. The van der Waals surface area contributed by atoms with Crippen LogP contribution in [0.3, 0.4) is 0 Å². The van der Waals surface area contributed by atoms with Crippen LogP contribution in [0.5, 0.6) is 5.75 Å². The number of aromatic amines is 1. The second kappa shape index (κ2) is 13.8. The number of nitrogens with zero attached hydrogens (tertiary/aromatic N) is 6. The van der Waals surface area contributed by atoms with Crippen LogP contribution < -0.4 is 31.5 Å². The van der Waals surface area contributed by atoms with Gasteiger partial charge in [0.05, 0.1) is 16.8 Å². The standard InChI is InChI=1S/C28H31N9O5S/c1-19-31-23(33-27-30-16-22(17-38)43-27)15-24(32-19)36-13-11-35(12-14-36)9-2-8-29-26(40)18-42-21-5-3-20(4-6-21)37-10-7-25(39)34-28(37)41/h3-7,10,15-17H,2,8-9,11-14,18H2,1H3,(H,29,40)(H,34,39,41)(H,30,31,32,33). The molecule has 1 aliphatic rings. The van der Waals surface area contributed by atoms with Crippen LogP contribution in [-0.4, -0.2) is 87.5 Å². The average molecular weight is 606 g/mol. The Bertz CT molecular complexity index is 1680. The lowest BCUT2D eigenvalue weighted by atomic mass is 10.2. The zero-order chi connectivity index (χ0) is 30.2. The van der Waals surface area contributed by atoms with E-state index in [1.807, 2.05) is 13.0 Å². The number of benzene rings is 1. The molecule has 1 saturated heterocycles. The number of carbonyl (C=O) groups excluding carboxylic acids is 2. The van der Waals surface area contributed by atoms with E-state index in [1.165, 1.54) is 34.4 Å². The Balaban J connectivity index is 0.998. The third-order valence-electron chi connectivity index (χ3n) is 6.68. The van der Waals surface area contributed by atoms with Crippen LogP contribution in [0.2, 0.25) is 0 Å². The normalized spacial score (nSPS) is 13.5. The number of anilines is 3. The number of H-pyrrole nitrogens is 1. The van der Waals surface area contributed by atoms with E-state index in [1.54, 1.807) is 24.3 Å². The fourth-order valence-electron chi connectivity index (χ4n) is 4.54. The molecule has 5 rings (SSSR count). The molecule has 224 valence electrons. The molecule has 4 heterocycles. The largest absolute Gasteiger partial charge is 0.484 e. The van der Waals surface area contributed by atoms with Crippen molar-refractivity contribution in [3.05, 3.63) is 80.3 Å². The number of hydrogen-bond donors (Lipinski definition) is 3. The monoisotopic (exact) mass is 605 g/mol. The Hall–Kier alpha value is -4.89.